The van der Waals surface area contributed by atoms with Crippen molar-refractivity contribution in [2.24, 2.45) is 0 Å². The van der Waals surface area contributed by atoms with Gasteiger partial charge in [-0.1, -0.05) is 18.5 Å². The minimum absolute atomic E-state index is 0.702. The van der Waals surface area contributed by atoms with Crippen molar-refractivity contribution in [3.63, 3.8) is 0 Å². The summed E-state index contributed by atoms with van der Waals surface area (Å²) < 4.78 is 0. The standard InChI is InChI=1S/C9H12ClNS/c1-2-5-12-9-4-3-7(10)6-8(9)11/h3-4,6H,2,5,11H2,1H3. The van der Waals surface area contributed by atoms with E-state index in [0.29, 0.717) is 5.02 Å². The van der Waals surface area contributed by atoms with E-state index in [9.17, 15) is 0 Å². The van der Waals surface area contributed by atoms with E-state index in [1.807, 2.05) is 12.1 Å². The summed E-state index contributed by atoms with van der Waals surface area (Å²) in [5, 5.41) is 0.702. The third-order valence-electron chi connectivity index (χ3n) is 1.43. The number of anilines is 1. The van der Waals surface area contributed by atoms with Gasteiger partial charge in [-0.25, -0.2) is 0 Å². The lowest BCUT2D eigenvalue weighted by Crippen LogP contribution is -1.88. The quantitative estimate of drug-likeness (QED) is 0.599. The third kappa shape index (κ3) is 2.61. The van der Waals surface area contributed by atoms with Crippen LogP contribution in [-0.4, -0.2) is 5.75 Å². The molecule has 0 aliphatic carbocycles. The molecule has 66 valence electrons. The van der Waals surface area contributed by atoms with Gasteiger partial charge in [-0.2, -0.15) is 0 Å². The molecule has 12 heavy (non-hydrogen) atoms. The second-order valence-corrected chi connectivity index (χ2v) is 4.10. The zero-order valence-electron chi connectivity index (χ0n) is 7.01. The highest BCUT2D eigenvalue weighted by molar-refractivity contribution is 7.99. The van der Waals surface area contributed by atoms with E-state index in [0.717, 1.165) is 22.8 Å². The summed E-state index contributed by atoms with van der Waals surface area (Å²) in [5.41, 5.74) is 6.54. The van der Waals surface area contributed by atoms with Crippen molar-refractivity contribution >= 4 is 29.1 Å². The summed E-state index contributed by atoms with van der Waals surface area (Å²) in [4.78, 5) is 1.13. The normalized spacial score (nSPS) is 10.2. The largest absolute Gasteiger partial charge is 0.398 e. The van der Waals surface area contributed by atoms with Gasteiger partial charge in [0.2, 0.25) is 0 Å². The Kier molecular flexibility index (Phi) is 3.76. The van der Waals surface area contributed by atoms with Gasteiger partial charge in [0.1, 0.15) is 0 Å². The van der Waals surface area contributed by atoms with E-state index >= 15 is 0 Å². The van der Waals surface area contributed by atoms with Crippen LogP contribution < -0.4 is 5.73 Å². The highest BCUT2D eigenvalue weighted by atomic mass is 35.5. The van der Waals surface area contributed by atoms with Crippen LogP contribution in [-0.2, 0) is 0 Å². The van der Waals surface area contributed by atoms with Crippen molar-refractivity contribution in [2.45, 2.75) is 18.2 Å². The smallest absolute Gasteiger partial charge is 0.0467 e. The number of rotatable bonds is 3. The summed E-state index contributed by atoms with van der Waals surface area (Å²) in [6, 6.07) is 5.63. The predicted octanol–water partition coefficient (Wildman–Crippen LogP) is 3.42. The summed E-state index contributed by atoms with van der Waals surface area (Å²) in [7, 11) is 0. The molecule has 3 heteroatoms. The molecular formula is C9H12ClNS. The first-order valence-corrected chi connectivity index (χ1v) is 5.28. The number of nitrogen functional groups attached to an aromatic ring is 1. The van der Waals surface area contributed by atoms with Gasteiger partial charge in [0.25, 0.3) is 0 Å². The Morgan fingerprint density at radius 1 is 1.50 bits per heavy atom. The molecule has 1 aromatic rings. The van der Waals surface area contributed by atoms with Crippen molar-refractivity contribution < 1.29 is 0 Å². The Hall–Kier alpha value is -0.340. The highest BCUT2D eigenvalue weighted by Gasteiger charge is 1.98. The number of thioether (sulfide) groups is 1. The number of hydrogen-bond donors (Lipinski definition) is 1. The zero-order valence-corrected chi connectivity index (χ0v) is 8.58. The Balaban J connectivity index is 2.72. The summed E-state index contributed by atoms with van der Waals surface area (Å²) >= 11 is 7.53. The maximum absolute atomic E-state index is 5.76. The maximum Gasteiger partial charge on any atom is 0.0467 e. The van der Waals surface area contributed by atoms with Crippen LogP contribution in [0, 0.1) is 0 Å². The first-order valence-electron chi connectivity index (χ1n) is 3.92. The minimum atomic E-state index is 0.702. The predicted molar refractivity (Wildman–Crippen MR) is 56.9 cm³/mol. The monoisotopic (exact) mass is 201 g/mol. The van der Waals surface area contributed by atoms with E-state index in [1.54, 1.807) is 17.8 Å². The minimum Gasteiger partial charge on any atom is -0.398 e. The van der Waals surface area contributed by atoms with Crippen LogP contribution in [0.15, 0.2) is 23.1 Å². The van der Waals surface area contributed by atoms with E-state index in [-0.39, 0.29) is 0 Å². The van der Waals surface area contributed by atoms with E-state index in [2.05, 4.69) is 6.92 Å². The van der Waals surface area contributed by atoms with Gasteiger partial charge in [0, 0.05) is 15.6 Å². The highest BCUT2D eigenvalue weighted by Crippen LogP contribution is 2.27. The van der Waals surface area contributed by atoms with E-state index in [4.69, 9.17) is 17.3 Å². The van der Waals surface area contributed by atoms with Gasteiger partial charge in [-0.15, -0.1) is 11.8 Å². The van der Waals surface area contributed by atoms with Crippen LogP contribution in [0.25, 0.3) is 0 Å². The Bertz CT molecular complexity index is 263. The van der Waals surface area contributed by atoms with Crippen molar-refractivity contribution in [2.75, 3.05) is 11.5 Å². The molecule has 0 aliphatic heterocycles. The first kappa shape index (κ1) is 9.75. The van der Waals surface area contributed by atoms with Crippen LogP contribution in [0.4, 0.5) is 5.69 Å². The Morgan fingerprint density at radius 3 is 2.83 bits per heavy atom. The number of benzene rings is 1. The molecule has 1 aromatic carbocycles. The molecule has 0 saturated carbocycles. The molecule has 0 spiro atoms. The lowest BCUT2D eigenvalue weighted by atomic mass is 10.3. The first-order chi connectivity index (χ1) is 5.74. The van der Waals surface area contributed by atoms with Crippen molar-refractivity contribution in [3.8, 4) is 0 Å². The third-order valence-corrected chi connectivity index (χ3v) is 2.96. The van der Waals surface area contributed by atoms with E-state index in [1.165, 1.54) is 0 Å². The van der Waals surface area contributed by atoms with Crippen LogP contribution in [0.5, 0.6) is 0 Å². The number of hydrogen-bond acceptors (Lipinski definition) is 2. The summed E-state index contributed by atoms with van der Waals surface area (Å²) in [6.45, 7) is 2.15. The molecule has 0 amide bonds. The fourth-order valence-corrected chi connectivity index (χ4v) is 1.86. The zero-order chi connectivity index (χ0) is 8.97. The fraction of sp³-hybridized carbons (Fsp3) is 0.333. The molecule has 0 unspecified atom stereocenters. The van der Waals surface area contributed by atoms with Crippen LogP contribution in [0.1, 0.15) is 13.3 Å². The second kappa shape index (κ2) is 4.63. The molecule has 0 saturated heterocycles. The SMILES string of the molecule is CCCSc1ccc(Cl)cc1N. The molecular weight excluding hydrogens is 190 g/mol. The van der Waals surface area contributed by atoms with Crippen LogP contribution in [0.3, 0.4) is 0 Å². The maximum atomic E-state index is 5.76. The molecule has 2 N–H and O–H groups in total. The molecule has 0 fully saturated rings. The number of nitrogens with two attached hydrogens (primary N) is 1. The topological polar surface area (TPSA) is 26.0 Å². The van der Waals surface area contributed by atoms with Crippen molar-refractivity contribution in [1.82, 2.24) is 0 Å². The number of halogens is 1. The van der Waals surface area contributed by atoms with Crippen LogP contribution in [0.2, 0.25) is 5.02 Å². The Morgan fingerprint density at radius 2 is 2.25 bits per heavy atom. The molecule has 0 radical (unpaired) electrons. The molecule has 0 aromatic heterocycles. The van der Waals surface area contributed by atoms with Gasteiger partial charge < -0.3 is 5.73 Å². The molecule has 0 atom stereocenters. The average Bonchev–Trinajstić information content (AvgIpc) is 2.03. The molecule has 1 nitrogen and oxygen atoms in total. The fourth-order valence-electron chi connectivity index (χ4n) is 0.863. The summed E-state index contributed by atoms with van der Waals surface area (Å²) in [5.74, 6) is 1.10. The van der Waals surface area contributed by atoms with Crippen LogP contribution >= 0.6 is 23.4 Å². The van der Waals surface area contributed by atoms with Gasteiger partial charge in [0.15, 0.2) is 0 Å². The van der Waals surface area contributed by atoms with Gasteiger partial charge in [-0.3, -0.25) is 0 Å². The van der Waals surface area contributed by atoms with Crippen molar-refractivity contribution in [1.29, 1.82) is 0 Å². The van der Waals surface area contributed by atoms with Gasteiger partial charge in [0.05, 0.1) is 0 Å². The second-order valence-electron chi connectivity index (χ2n) is 2.53. The van der Waals surface area contributed by atoms with Gasteiger partial charge >= 0.3 is 0 Å². The van der Waals surface area contributed by atoms with Gasteiger partial charge in [-0.05, 0) is 30.4 Å². The lowest BCUT2D eigenvalue weighted by Gasteiger charge is -2.03. The van der Waals surface area contributed by atoms with E-state index < -0.39 is 0 Å². The molecule has 0 bridgehead atoms. The Labute approximate surface area is 82.3 Å². The molecule has 0 aliphatic rings. The molecule has 0 heterocycles. The summed E-state index contributed by atoms with van der Waals surface area (Å²) in [6.07, 6.45) is 1.16. The van der Waals surface area contributed by atoms with Crippen molar-refractivity contribution in [3.05, 3.63) is 23.2 Å². The lowest BCUT2D eigenvalue weighted by molar-refractivity contribution is 1.10. The average molecular weight is 202 g/mol. The molecule has 1 rings (SSSR count).